The van der Waals surface area contributed by atoms with Gasteiger partial charge in [0.05, 0.1) is 30.8 Å². The molecular weight excluding hydrogens is 405 g/mol. The number of anilines is 3. The van der Waals surface area contributed by atoms with Crippen molar-refractivity contribution in [2.24, 2.45) is 5.92 Å². The van der Waals surface area contributed by atoms with Gasteiger partial charge in [-0.25, -0.2) is 9.78 Å². The molecule has 0 atom stereocenters. The van der Waals surface area contributed by atoms with Crippen LogP contribution in [-0.2, 0) is 16.1 Å². The van der Waals surface area contributed by atoms with Crippen LogP contribution in [-0.4, -0.2) is 63.3 Å². The highest BCUT2D eigenvalue weighted by Crippen LogP contribution is 2.20. The normalized spacial score (nSPS) is 14.3. The Bertz CT molecular complexity index is 835. The molecule has 2 aromatic rings. The van der Waals surface area contributed by atoms with Crippen molar-refractivity contribution in [2.45, 2.75) is 33.5 Å². The van der Waals surface area contributed by atoms with Crippen molar-refractivity contribution in [3.8, 4) is 0 Å². The Morgan fingerprint density at radius 2 is 1.97 bits per heavy atom. The summed E-state index contributed by atoms with van der Waals surface area (Å²) in [7, 11) is 0. The van der Waals surface area contributed by atoms with E-state index in [2.05, 4.69) is 46.1 Å². The molecule has 0 aliphatic carbocycles. The van der Waals surface area contributed by atoms with Gasteiger partial charge in [-0.1, -0.05) is 13.8 Å². The molecule has 0 amide bonds. The summed E-state index contributed by atoms with van der Waals surface area (Å²) in [6.07, 6.45) is -1.46. The molecule has 9 nitrogen and oxygen atoms in total. The fourth-order valence-corrected chi connectivity index (χ4v) is 2.60. The van der Waals surface area contributed by atoms with E-state index < -0.39 is 12.1 Å². The standard InChI is InChI=1S/C16H24N6O.C2HF3O2/c1-12(2)11-22-13(3)14(10-18-22)19-16-17-5-4-15(20-16)21-6-8-23-9-7-21;3-2(4,5)1(6)7/h4-5,10,12H,6-9,11H2,1-3H3,(H,17,19,20);(H,6,7). The zero-order chi connectivity index (χ0) is 22.3. The van der Waals surface area contributed by atoms with Gasteiger partial charge in [-0.3, -0.25) is 4.68 Å². The molecule has 12 heteroatoms. The van der Waals surface area contributed by atoms with E-state index in [4.69, 9.17) is 14.6 Å². The fraction of sp³-hybridized carbons (Fsp3) is 0.556. The summed E-state index contributed by atoms with van der Waals surface area (Å²) in [6.45, 7) is 10.5. The smallest absolute Gasteiger partial charge is 0.475 e. The third-order valence-corrected chi connectivity index (χ3v) is 4.11. The fourth-order valence-electron chi connectivity index (χ4n) is 2.60. The first-order valence-electron chi connectivity index (χ1n) is 9.33. The van der Waals surface area contributed by atoms with E-state index in [0.29, 0.717) is 11.9 Å². The molecule has 0 saturated carbocycles. The van der Waals surface area contributed by atoms with Crippen LogP contribution in [0.3, 0.4) is 0 Å². The van der Waals surface area contributed by atoms with E-state index >= 15 is 0 Å². The lowest BCUT2D eigenvalue weighted by Crippen LogP contribution is -2.36. The van der Waals surface area contributed by atoms with Crippen LogP contribution in [0, 0.1) is 12.8 Å². The number of carbonyl (C=O) groups is 1. The van der Waals surface area contributed by atoms with Crippen LogP contribution in [0.2, 0.25) is 0 Å². The Morgan fingerprint density at radius 1 is 1.33 bits per heavy atom. The Hall–Kier alpha value is -2.89. The average molecular weight is 430 g/mol. The number of halogens is 3. The molecule has 0 spiro atoms. The number of rotatable bonds is 5. The SMILES string of the molecule is Cc1c(Nc2nccc(N3CCOCC3)n2)cnn1CC(C)C.O=C(O)C(F)(F)F. The summed E-state index contributed by atoms with van der Waals surface area (Å²) in [4.78, 5) is 20.0. The van der Waals surface area contributed by atoms with Gasteiger partial charge in [0, 0.05) is 25.8 Å². The minimum Gasteiger partial charge on any atom is -0.475 e. The number of aliphatic carboxylic acids is 1. The van der Waals surface area contributed by atoms with Gasteiger partial charge in [0.2, 0.25) is 5.95 Å². The van der Waals surface area contributed by atoms with Gasteiger partial charge in [0.1, 0.15) is 5.82 Å². The van der Waals surface area contributed by atoms with Crippen molar-refractivity contribution < 1.29 is 27.8 Å². The van der Waals surface area contributed by atoms with Crippen molar-refractivity contribution in [3.05, 3.63) is 24.2 Å². The molecule has 166 valence electrons. The van der Waals surface area contributed by atoms with E-state index in [1.165, 1.54) is 0 Å². The van der Waals surface area contributed by atoms with E-state index in [-0.39, 0.29) is 0 Å². The van der Waals surface area contributed by atoms with Crippen LogP contribution in [0.4, 0.5) is 30.6 Å². The van der Waals surface area contributed by atoms with Crippen LogP contribution in [0.5, 0.6) is 0 Å². The van der Waals surface area contributed by atoms with Crippen molar-refractivity contribution in [1.29, 1.82) is 0 Å². The Morgan fingerprint density at radius 3 is 2.53 bits per heavy atom. The molecule has 1 fully saturated rings. The molecule has 0 bridgehead atoms. The summed E-state index contributed by atoms with van der Waals surface area (Å²) in [5.74, 6) is -0.672. The summed E-state index contributed by atoms with van der Waals surface area (Å²) in [6, 6.07) is 1.94. The van der Waals surface area contributed by atoms with Crippen LogP contribution < -0.4 is 10.2 Å². The van der Waals surface area contributed by atoms with Crippen molar-refractivity contribution >= 4 is 23.4 Å². The molecule has 1 aliphatic heterocycles. The Balaban J connectivity index is 0.000000396. The predicted octanol–water partition coefficient (Wildman–Crippen LogP) is 2.85. The Labute approximate surface area is 171 Å². The summed E-state index contributed by atoms with van der Waals surface area (Å²) in [5, 5.41) is 14.8. The second-order valence-corrected chi connectivity index (χ2v) is 6.99. The molecule has 0 unspecified atom stereocenters. The number of nitrogens with one attached hydrogen (secondary N) is 1. The van der Waals surface area contributed by atoms with E-state index in [1.54, 1.807) is 6.20 Å². The van der Waals surface area contributed by atoms with Crippen molar-refractivity contribution in [2.75, 3.05) is 36.5 Å². The van der Waals surface area contributed by atoms with Crippen LogP contribution in [0.15, 0.2) is 18.5 Å². The number of aromatic nitrogens is 4. The van der Waals surface area contributed by atoms with Gasteiger partial charge in [0.15, 0.2) is 0 Å². The van der Waals surface area contributed by atoms with Crippen molar-refractivity contribution in [3.63, 3.8) is 0 Å². The minimum absolute atomic E-state index is 0.558. The third-order valence-electron chi connectivity index (χ3n) is 4.11. The highest BCUT2D eigenvalue weighted by atomic mass is 19.4. The highest BCUT2D eigenvalue weighted by Gasteiger charge is 2.38. The zero-order valence-electron chi connectivity index (χ0n) is 17.0. The summed E-state index contributed by atoms with van der Waals surface area (Å²) in [5.41, 5.74) is 2.05. The average Bonchev–Trinajstić information content (AvgIpc) is 3.01. The Kier molecular flexibility index (Phi) is 7.98. The third kappa shape index (κ3) is 6.87. The molecule has 1 aliphatic rings. The molecule has 1 saturated heterocycles. The zero-order valence-corrected chi connectivity index (χ0v) is 17.0. The lowest BCUT2D eigenvalue weighted by atomic mass is 10.2. The second-order valence-electron chi connectivity index (χ2n) is 6.99. The number of nitrogens with zero attached hydrogens (tertiary/aromatic N) is 5. The summed E-state index contributed by atoms with van der Waals surface area (Å²) >= 11 is 0. The first-order chi connectivity index (χ1) is 14.1. The number of carboxylic acids is 1. The molecule has 2 N–H and O–H groups in total. The van der Waals surface area contributed by atoms with Crippen LogP contribution >= 0.6 is 0 Å². The molecule has 30 heavy (non-hydrogen) atoms. The maximum atomic E-state index is 10.6. The van der Waals surface area contributed by atoms with Gasteiger partial charge in [-0.15, -0.1) is 0 Å². The molecule has 3 heterocycles. The van der Waals surface area contributed by atoms with E-state index in [0.717, 1.165) is 50.0 Å². The predicted molar refractivity (Wildman–Crippen MR) is 104 cm³/mol. The molecule has 0 aromatic carbocycles. The van der Waals surface area contributed by atoms with Crippen molar-refractivity contribution in [1.82, 2.24) is 19.7 Å². The second kappa shape index (κ2) is 10.2. The molecule has 0 radical (unpaired) electrons. The lowest BCUT2D eigenvalue weighted by Gasteiger charge is -2.27. The molecule has 2 aromatic heterocycles. The van der Waals surface area contributed by atoms with Gasteiger partial charge in [-0.2, -0.15) is 23.3 Å². The van der Waals surface area contributed by atoms with Gasteiger partial charge in [-0.05, 0) is 18.9 Å². The first kappa shape index (κ1) is 23.4. The van der Waals surface area contributed by atoms with E-state index in [9.17, 15) is 13.2 Å². The van der Waals surface area contributed by atoms with Crippen LogP contribution in [0.25, 0.3) is 0 Å². The number of alkyl halides is 3. The molecular formula is C18H25F3N6O3. The maximum Gasteiger partial charge on any atom is 0.490 e. The van der Waals surface area contributed by atoms with Gasteiger partial charge < -0.3 is 20.1 Å². The maximum absolute atomic E-state index is 10.6. The monoisotopic (exact) mass is 430 g/mol. The quantitative estimate of drug-likeness (QED) is 0.746. The number of ether oxygens (including phenoxy) is 1. The number of carboxylic acid groups (broad SMARTS) is 1. The van der Waals surface area contributed by atoms with E-state index in [1.807, 2.05) is 16.9 Å². The lowest BCUT2D eigenvalue weighted by molar-refractivity contribution is -0.192. The topological polar surface area (TPSA) is 105 Å². The summed E-state index contributed by atoms with van der Waals surface area (Å²) < 4.78 is 39.1. The molecule has 3 rings (SSSR count). The van der Waals surface area contributed by atoms with Crippen LogP contribution in [0.1, 0.15) is 19.5 Å². The minimum atomic E-state index is -5.08. The van der Waals surface area contributed by atoms with Gasteiger partial charge in [0.25, 0.3) is 0 Å². The highest BCUT2D eigenvalue weighted by molar-refractivity contribution is 5.73. The first-order valence-corrected chi connectivity index (χ1v) is 9.33. The number of morpholine rings is 1. The van der Waals surface area contributed by atoms with Gasteiger partial charge >= 0.3 is 12.1 Å². The number of hydrogen-bond donors (Lipinski definition) is 2. The largest absolute Gasteiger partial charge is 0.490 e. The number of hydrogen-bond acceptors (Lipinski definition) is 7.